The van der Waals surface area contributed by atoms with Crippen LogP contribution in [0, 0.1) is 0 Å². The van der Waals surface area contributed by atoms with Crippen LogP contribution in [0.15, 0.2) is 42.9 Å². The summed E-state index contributed by atoms with van der Waals surface area (Å²) in [5.74, 6) is 0.0127. The third-order valence-corrected chi connectivity index (χ3v) is 7.38. The number of hydrogen-bond donors (Lipinski definition) is 3. The zero-order valence-corrected chi connectivity index (χ0v) is 20.9. The molecule has 184 valence electrons. The lowest BCUT2D eigenvalue weighted by Crippen LogP contribution is -2.37. The zero-order chi connectivity index (χ0) is 24.4. The zero-order valence-electron chi connectivity index (χ0n) is 19.4. The third-order valence-electron chi connectivity index (χ3n) is 6.80. The van der Waals surface area contributed by atoms with Gasteiger partial charge in [0.15, 0.2) is 0 Å². The maximum atomic E-state index is 13.1. The summed E-state index contributed by atoms with van der Waals surface area (Å²) in [6.07, 6.45) is 8.51. The van der Waals surface area contributed by atoms with Crippen LogP contribution in [0.3, 0.4) is 0 Å². The minimum absolute atomic E-state index is 0.0271. The van der Waals surface area contributed by atoms with Crippen LogP contribution in [0.1, 0.15) is 41.2 Å². The van der Waals surface area contributed by atoms with Crippen molar-refractivity contribution in [1.29, 1.82) is 0 Å². The fraction of sp³-hybridized carbons (Fsp3) is 0.400. The van der Waals surface area contributed by atoms with Crippen molar-refractivity contribution in [2.75, 3.05) is 31.9 Å². The molecule has 8 nitrogen and oxygen atoms in total. The molecule has 35 heavy (non-hydrogen) atoms. The first-order valence-corrected chi connectivity index (χ1v) is 12.7. The molecule has 4 heterocycles. The average Bonchev–Trinajstić information content (AvgIpc) is 3.52. The Balaban J connectivity index is 1.23. The van der Waals surface area contributed by atoms with E-state index in [2.05, 4.69) is 25.6 Å². The van der Waals surface area contributed by atoms with Gasteiger partial charge in [0.2, 0.25) is 0 Å². The Labute approximate surface area is 214 Å². The van der Waals surface area contributed by atoms with Crippen LogP contribution in [0.5, 0.6) is 0 Å². The Morgan fingerprint density at radius 1 is 1.14 bits per heavy atom. The van der Waals surface area contributed by atoms with Gasteiger partial charge in [-0.3, -0.25) is 14.4 Å². The topological polar surface area (TPSA) is 101 Å². The maximum Gasteiger partial charge on any atom is 0.255 e. The molecule has 2 aromatic heterocycles. The largest absolute Gasteiger partial charge is 0.383 e. The van der Waals surface area contributed by atoms with Crippen molar-refractivity contribution in [3.05, 3.63) is 64.0 Å². The van der Waals surface area contributed by atoms with Gasteiger partial charge in [-0.25, -0.2) is 4.98 Å². The van der Waals surface area contributed by atoms with E-state index < -0.39 is 0 Å². The molecule has 4 N–H and O–H groups in total. The molecule has 10 heteroatoms. The Morgan fingerprint density at radius 2 is 1.97 bits per heavy atom. The summed E-state index contributed by atoms with van der Waals surface area (Å²) in [6.45, 7) is 4.31. The predicted octanol–water partition coefficient (Wildman–Crippen LogP) is 3.76. The van der Waals surface area contributed by atoms with Crippen LogP contribution in [0.2, 0.25) is 10.0 Å². The van der Waals surface area contributed by atoms with Gasteiger partial charge in [0.05, 0.1) is 17.8 Å². The SMILES string of the molecule is Nc1ncc(-c2cnn(C3CCNCC3)c2)cc1C(=O)N[C@@H]1CCN(Cc2ccc(Cl)cc2Cl)C1. The van der Waals surface area contributed by atoms with Gasteiger partial charge < -0.3 is 16.4 Å². The molecule has 2 fully saturated rings. The number of piperidine rings is 1. The first-order valence-electron chi connectivity index (χ1n) is 11.9. The Morgan fingerprint density at radius 3 is 2.77 bits per heavy atom. The fourth-order valence-corrected chi connectivity index (χ4v) is 5.29. The maximum absolute atomic E-state index is 13.1. The number of halogens is 2. The van der Waals surface area contributed by atoms with E-state index in [0.29, 0.717) is 28.2 Å². The van der Waals surface area contributed by atoms with Crippen LogP contribution >= 0.6 is 23.2 Å². The number of amides is 1. The lowest BCUT2D eigenvalue weighted by molar-refractivity contribution is 0.0938. The quantitative estimate of drug-likeness (QED) is 0.463. The number of nitrogens with two attached hydrogens (primary N) is 1. The molecule has 1 atom stereocenters. The number of nitrogen functional groups attached to an aromatic ring is 1. The van der Waals surface area contributed by atoms with E-state index in [0.717, 1.165) is 62.1 Å². The van der Waals surface area contributed by atoms with Gasteiger partial charge in [0, 0.05) is 59.2 Å². The second-order valence-corrected chi connectivity index (χ2v) is 10.1. The van der Waals surface area contributed by atoms with E-state index >= 15 is 0 Å². The molecule has 0 saturated carbocycles. The van der Waals surface area contributed by atoms with E-state index in [1.54, 1.807) is 12.3 Å². The van der Waals surface area contributed by atoms with Gasteiger partial charge in [0.25, 0.3) is 5.91 Å². The van der Waals surface area contributed by atoms with Gasteiger partial charge >= 0.3 is 0 Å². The highest BCUT2D eigenvalue weighted by molar-refractivity contribution is 6.35. The minimum atomic E-state index is -0.209. The molecule has 3 aromatic rings. The Hall–Kier alpha value is -2.65. The standard InChI is InChI=1S/C25H29Cl2N7O/c26-19-2-1-16(23(27)10-19)13-33-8-5-20(15-33)32-25(35)22-9-17(11-30-24(22)28)18-12-31-34(14-18)21-3-6-29-7-4-21/h1-2,9-12,14,20-21,29H,3-8,13,15H2,(H2,28,30)(H,32,35)/t20-/m1/s1. The van der Waals surface area contributed by atoms with Crippen LogP contribution in [-0.2, 0) is 6.54 Å². The number of hydrogen-bond acceptors (Lipinski definition) is 6. The number of carbonyl (C=O) groups excluding carboxylic acids is 1. The molecule has 0 bridgehead atoms. The second-order valence-electron chi connectivity index (χ2n) is 9.28. The summed E-state index contributed by atoms with van der Waals surface area (Å²) in [5.41, 5.74) is 9.25. The lowest BCUT2D eigenvalue weighted by Gasteiger charge is -2.22. The molecule has 1 amide bonds. The number of likely N-dealkylation sites (tertiary alicyclic amines) is 1. The monoisotopic (exact) mass is 513 g/mol. The van der Waals surface area contributed by atoms with Crippen molar-refractivity contribution in [1.82, 2.24) is 30.3 Å². The number of rotatable bonds is 6. The summed E-state index contributed by atoms with van der Waals surface area (Å²) in [5, 5.41) is 12.3. The molecular weight excluding hydrogens is 485 g/mol. The van der Waals surface area contributed by atoms with Crippen LogP contribution in [-0.4, -0.2) is 57.8 Å². The molecule has 2 aliphatic rings. The molecule has 0 aliphatic carbocycles. The second kappa shape index (κ2) is 10.5. The Kier molecular flexibility index (Phi) is 7.24. The van der Waals surface area contributed by atoms with Gasteiger partial charge in [-0.15, -0.1) is 0 Å². The molecule has 0 radical (unpaired) electrons. The minimum Gasteiger partial charge on any atom is -0.383 e. The van der Waals surface area contributed by atoms with Crippen molar-refractivity contribution in [3.63, 3.8) is 0 Å². The molecule has 0 unspecified atom stereocenters. The van der Waals surface area contributed by atoms with E-state index in [1.807, 2.05) is 35.3 Å². The summed E-state index contributed by atoms with van der Waals surface area (Å²) in [7, 11) is 0. The van der Waals surface area contributed by atoms with Crippen molar-refractivity contribution in [2.45, 2.75) is 37.9 Å². The summed E-state index contributed by atoms with van der Waals surface area (Å²) >= 11 is 12.3. The van der Waals surface area contributed by atoms with E-state index in [1.165, 1.54) is 0 Å². The number of pyridine rings is 1. The number of benzene rings is 1. The average molecular weight is 514 g/mol. The van der Waals surface area contributed by atoms with Crippen LogP contribution in [0.4, 0.5) is 5.82 Å². The van der Waals surface area contributed by atoms with Crippen molar-refractivity contribution in [3.8, 4) is 11.1 Å². The molecule has 2 aliphatic heterocycles. The highest BCUT2D eigenvalue weighted by Crippen LogP contribution is 2.26. The van der Waals surface area contributed by atoms with Crippen LogP contribution < -0.4 is 16.4 Å². The van der Waals surface area contributed by atoms with Crippen molar-refractivity contribution in [2.24, 2.45) is 0 Å². The predicted molar refractivity (Wildman–Crippen MR) is 139 cm³/mol. The van der Waals surface area contributed by atoms with Crippen LogP contribution in [0.25, 0.3) is 11.1 Å². The smallest absolute Gasteiger partial charge is 0.255 e. The van der Waals surface area contributed by atoms with Crippen molar-refractivity contribution < 1.29 is 4.79 Å². The summed E-state index contributed by atoms with van der Waals surface area (Å²) in [4.78, 5) is 19.7. The normalized spacial score (nSPS) is 19.2. The number of carbonyl (C=O) groups is 1. The van der Waals surface area contributed by atoms with Gasteiger partial charge in [-0.05, 0) is 56.1 Å². The first kappa shape index (κ1) is 24.1. The number of aromatic nitrogens is 3. The van der Waals surface area contributed by atoms with Gasteiger partial charge in [-0.1, -0.05) is 29.3 Å². The summed E-state index contributed by atoms with van der Waals surface area (Å²) < 4.78 is 2.02. The molecule has 1 aromatic carbocycles. The first-order chi connectivity index (χ1) is 17.0. The summed E-state index contributed by atoms with van der Waals surface area (Å²) in [6, 6.07) is 7.77. The fourth-order valence-electron chi connectivity index (χ4n) is 4.82. The van der Waals surface area contributed by atoms with E-state index in [4.69, 9.17) is 28.9 Å². The highest BCUT2D eigenvalue weighted by Gasteiger charge is 2.26. The van der Waals surface area contributed by atoms with E-state index in [-0.39, 0.29) is 17.8 Å². The highest BCUT2D eigenvalue weighted by atomic mass is 35.5. The third kappa shape index (κ3) is 5.62. The number of nitrogens with one attached hydrogen (secondary N) is 2. The molecular formula is C25H29Cl2N7O. The molecule has 0 spiro atoms. The van der Waals surface area contributed by atoms with E-state index in [9.17, 15) is 4.79 Å². The van der Waals surface area contributed by atoms with Crippen molar-refractivity contribution >= 4 is 34.9 Å². The Bertz CT molecular complexity index is 1210. The lowest BCUT2D eigenvalue weighted by atomic mass is 10.1. The molecule has 2 saturated heterocycles. The van der Waals surface area contributed by atoms with Gasteiger partial charge in [-0.2, -0.15) is 5.10 Å². The van der Waals surface area contributed by atoms with Gasteiger partial charge in [0.1, 0.15) is 5.82 Å². The number of nitrogens with zero attached hydrogens (tertiary/aromatic N) is 4. The molecule has 5 rings (SSSR count). The number of anilines is 1.